The fourth-order valence-corrected chi connectivity index (χ4v) is 5.15. The van der Waals surface area contributed by atoms with Gasteiger partial charge in [-0.2, -0.15) is 18.9 Å². The Morgan fingerprint density at radius 3 is 2.71 bits per heavy atom. The first kappa shape index (κ1) is 26.3. The Hall–Kier alpha value is -4.98. The lowest BCUT2D eigenvalue weighted by molar-refractivity contribution is -0.615. The van der Waals surface area contributed by atoms with Crippen molar-refractivity contribution < 1.29 is 18.3 Å². The van der Waals surface area contributed by atoms with Gasteiger partial charge in [-0.1, -0.05) is 11.6 Å². The van der Waals surface area contributed by atoms with E-state index in [1.54, 1.807) is 18.3 Å². The molecule has 1 aliphatic carbocycles. The third-order valence-corrected chi connectivity index (χ3v) is 7.45. The summed E-state index contributed by atoms with van der Waals surface area (Å²) in [4.78, 5) is 15.4. The number of halogens is 3. The topological polar surface area (TPSA) is 170 Å². The number of tetrazole rings is 1. The summed E-state index contributed by atoms with van der Waals surface area (Å²) >= 11 is 6.07. The molecule has 0 saturated heterocycles. The van der Waals surface area contributed by atoms with Crippen LogP contribution in [0.2, 0.25) is 5.02 Å². The number of rotatable bonds is 8. The second-order valence-corrected chi connectivity index (χ2v) is 10.1. The molecule has 1 saturated carbocycles. The van der Waals surface area contributed by atoms with Crippen molar-refractivity contribution in [2.24, 2.45) is 17.6 Å². The molecule has 1 amide bonds. The standard InChI is InChI=1S/C26H21ClF2N10O2/c27-18-3-5-20(38-12-32-35-36-38)23(24(18)28)13-1-4-19(39(41)11-13)21(8-14-7-17(14)26(31)40)37-10-15(9-33-37)16-2-6-22(30)34-25(16)29/h1-6,9-12,14,17,21H,7-8H2,(H2,30,34)(H2,31,40)/t14-,17+,21-/m0/s1. The van der Waals surface area contributed by atoms with E-state index < -0.39 is 23.7 Å². The van der Waals surface area contributed by atoms with Crippen LogP contribution in [0.4, 0.5) is 14.6 Å². The van der Waals surface area contributed by atoms with Crippen LogP contribution in [-0.4, -0.2) is 40.9 Å². The molecule has 41 heavy (non-hydrogen) atoms. The predicted molar refractivity (Wildman–Crippen MR) is 142 cm³/mol. The third kappa shape index (κ3) is 4.93. The number of nitrogen functional groups attached to an aromatic ring is 1. The van der Waals surface area contributed by atoms with Crippen LogP contribution in [0.25, 0.3) is 27.9 Å². The number of hydrogen-bond acceptors (Lipinski definition) is 8. The molecule has 0 unspecified atom stereocenters. The maximum atomic E-state index is 15.3. The van der Waals surface area contributed by atoms with E-state index >= 15 is 4.39 Å². The monoisotopic (exact) mass is 578 g/mol. The van der Waals surface area contributed by atoms with Crippen LogP contribution in [0.5, 0.6) is 0 Å². The van der Waals surface area contributed by atoms with Gasteiger partial charge in [0.2, 0.25) is 17.5 Å². The van der Waals surface area contributed by atoms with Crippen molar-refractivity contribution in [3.05, 3.63) is 89.0 Å². The number of carbonyl (C=O) groups excluding carboxylic acids is 1. The summed E-state index contributed by atoms with van der Waals surface area (Å²) < 4.78 is 33.2. The highest BCUT2D eigenvalue weighted by molar-refractivity contribution is 6.31. The highest BCUT2D eigenvalue weighted by Gasteiger charge is 2.44. The quantitative estimate of drug-likeness (QED) is 0.161. The number of anilines is 1. The normalized spacial score (nSPS) is 17.0. The molecule has 0 aliphatic heterocycles. The molecule has 0 bridgehead atoms. The number of nitrogens with zero attached hydrogens (tertiary/aromatic N) is 8. The molecular weight excluding hydrogens is 558 g/mol. The summed E-state index contributed by atoms with van der Waals surface area (Å²) in [5.41, 5.74) is 12.5. The Labute approximate surface area is 235 Å². The smallest absolute Gasteiger partial charge is 0.222 e. The number of nitrogens with two attached hydrogens (primary N) is 2. The number of benzene rings is 1. The van der Waals surface area contributed by atoms with Gasteiger partial charge in [-0.15, -0.1) is 5.10 Å². The van der Waals surface area contributed by atoms with E-state index in [2.05, 4.69) is 25.6 Å². The second kappa shape index (κ2) is 10.2. The van der Waals surface area contributed by atoms with Crippen molar-refractivity contribution in [3.63, 3.8) is 0 Å². The van der Waals surface area contributed by atoms with Crippen LogP contribution >= 0.6 is 11.6 Å². The highest BCUT2D eigenvalue weighted by Crippen LogP contribution is 2.45. The molecule has 1 fully saturated rings. The van der Waals surface area contributed by atoms with Crippen molar-refractivity contribution in [3.8, 4) is 27.9 Å². The van der Waals surface area contributed by atoms with E-state index in [0.29, 0.717) is 23.1 Å². The molecule has 1 aromatic carbocycles. The van der Waals surface area contributed by atoms with Gasteiger partial charge in [0, 0.05) is 29.3 Å². The number of primary amides is 1. The van der Waals surface area contributed by atoms with Crippen LogP contribution in [0.3, 0.4) is 0 Å². The fourth-order valence-electron chi connectivity index (χ4n) is 4.99. The lowest BCUT2D eigenvalue weighted by atomic mass is 10.0. The van der Waals surface area contributed by atoms with Crippen LogP contribution in [0.1, 0.15) is 24.6 Å². The lowest BCUT2D eigenvalue weighted by Crippen LogP contribution is -2.36. The molecule has 12 nitrogen and oxygen atoms in total. The first-order valence-corrected chi connectivity index (χ1v) is 12.8. The van der Waals surface area contributed by atoms with E-state index in [0.717, 1.165) is 0 Å². The summed E-state index contributed by atoms with van der Waals surface area (Å²) in [7, 11) is 0. The van der Waals surface area contributed by atoms with Crippen molar-refractivity contribution in [2.75, 3.05) is 5.73 Å². The summed E-state index contributed by atoms with van der Waals surface area (Å²) in [5, 5.41) is 28.8. The highest BCUT2D eigenvalue weighted by atomic mass is 35.5. The fraction of sp³-hybridized carbons (Fsp3) is 0.192. The van der Waals surface area contributed by atoms with Gasteiger partial charge < -0.3 is 16.7 Å². The van der Waals surface area contributed by atoms with E-state index in [4.69, 9.17) is 23.1 Å². The van der Waals surface area contributed by atoms with Crippen LogP contribution in [0, 0.1) is 28.8 Å². The Morgan fingerprint density at radius 1 is 1.20 bits per heavy atom. The molecule has 1 aliphatic rings. The van der Waals surface area contributed by atoms with E-state index in [-0.39, 0.29) is 50.7 Å². The average molecular weight is 579 g/mol. The summed E-state index contributed by atoms with van der Waals surface area (Å²) in [6.45, 7) is 0. The molecule has 208 valence electrons. The van der Waals surface area contributed by atoms with Gasteiger partial charge in [-0.05, 0) is 59.5 Å². The molecule has 4 N–H and O–H groups in total. The van der Waals surface area contributed by atoms with Crippen molar-refractivity contribution in [1.29, 1.82) is 0 Å². The number of carbonyl (C=O) groups is 1. The number of amides is 1. The zero-order valence-electron chi connectivity index (χ0n) is 21.1. The second-order valence-electron chi connectivity index (χ2n) is 9.72. The Morgan fingerprint density at radius 2 is 2.02 bits per heavy atom. The molecule has 5 aromatic rings. The molecule has 6 rings (SSSR count). The van der Waals surface area contributed by atoms with Crippen LogP contribution < -0.4 is 16.2 Å². The van der Waals surface area contributed by atoms with Gasteiger partial charge >= 0.3 is 0 Å². The molecule has 3 atom stereocenters. The SMILES string of the molecule is NC(=O)[C@@H]1C[C@H]1C[C@@H](c1ccc(-c2c(-n3cnnn3)ccc(Cl)c2F)c[n+]1[O-])n1cc(-c2ccc(N)nc2F)cn1. The molecule has 15 heteroatoms. The average Bonchev–Trinajstić information content (AvgIpc) is 3.28. The zero-order valence-corrected chi connectivity index (χ0v) is 21.9. The predicted octanol–water partition coefficient (Wildman–Crippen LogP) is 2.84. The van der Waals surface area contributed by atoms with Gasteiger partial charge in [-0.3, -0.25) is 9.48 Å². The maximum Gasteiger partial charge on any atom is 0.222 e. The Balaban J connectivity index is 1.41. The number of aromatic nitrogens is 8. The van der Waals surface area contributed by atoms with Gasteiger partial charge in [0.25, 0.3) is 0 Å². The molecule has 4 heterocycles. The Bertz CT molecular complexity index is 1780. The molecule has 0 spiro atoms. The van der Waals surface area contributed by atoms with Gasteiger partial charge in [0.15, 0.2) is 12.0 Å². The third-order valence-electron chi connectivity index (χ3n) is 7.16. The molecular formula is C26H21ClF2N10O2. The van der Waals surface area contributed by atoms with Crippen molar-refractivity contribution >= 4 is 23.3 Å². The van der Waals surface area contributed by atoms with Gasteiger partial charge in [0.1, 0.15) is 18.2 Å². The minimum Gasteiger partial charge on any atom is -0.618 e. The maximum absolute atomic E-state index is 15.3. The first-order valence-electron chi connectivity index (χ1n) is 12.4. The van der Waals surface area contributed by atoms with Crippen LogP contribution in [0.15, 0.2) is 61.3 Å². The molecule has 0 radical (unpaired) electrons. The minimum atomic E-state index is -0.762. The minimum absolute atomic E-state index is 0.0289. The lowest BCUT2D eigenvalue weighted by Gasteiger charge is -2.18. The number of hydrogen-bond donors (Lipinski definition) is 2. The number of pyridine rings is 2. The van der Waals surface area contributed by atoms with E-state index in [1.165, 1.54) is 52.4 Å². The van der Waals surface area contributed by atoms with E-state index in [9.17, 15) is 14.4 Å². The summed E-state index contributed by atoms with van der Waals surface area (Å²) in [5.74, 6) is -2.28. The molecule has 4 aromatic heterocycles. The van der Waals surface area contributed by atoms with Crippen molar-refractivity contribution in [2.45, 2.75) is 18.9 Å². The van der Waals surface area contributed by atoms with Gasteiger partial charge in [-0.25, -0.2) is 9.37 Å². The summed E-state index contributed by atoms with van der Waals surface area (Å²) in [6, 6.07) is 8.33. The van der Waals surface area contributed by atoms with Gasteiger partial charge in [0.05, 0.1) is 28.0 Å². The zero-order chi connectivity index (χ0) is 28.8. The summed E-state index contributed by atoms with van der Waals surface area (Å²) in [6.07, 6.45) is 6.49. The Kier molecular flexibility index (Phi) is 6.53. The van der Waals surface area contributed by atoms with Crippen molar-refractivity contribution in [1.82, 2.24) is 35.0 Å². The first-order chi connectivity index (χ1) is 19.7. The van der Waals surface area contributed by atoms with E-state index in [1.807, 2.05) is 0 Å². The largest absolute Gasteiger partial charge is 0.618 e. The van der Waals surface area contributed by atoms with Crippen LogP contribution in [-0.2, 0) is 4.79 Å².